The first-order valence-corrected chi connectivity index (χ1v) is 4.92. The van der Waals surface area contributed by atoms with E-state index < -0.39 is 0 Å². The van der Waals surface area contributed by atoms with Crippen molar-refractivity contribution in [2.45, 2.75) is 0 Å². The number of phenols is 1. The molecule has 0 amide bonds. The zero-order chi connectivity index (χ0) is 10.8. The van der Waals surface area contributed by atoms with Gasteiger partial charge in [-0.25, -0.2) is 0 Å². The predicted molar refractivity (Wildman–Crippen MR) is 56.7 cm³/mol. The molecule has 0 spiro atoms. The number of benzene rings is 1. The molecule has 1 aromatic carbocycles. The van der Waals surface area contributed by atoms with Crippen molar-refractivity contribution < 1.29 is 14.4 Å². The Kier molecular flexibility index (Phi) is 2.55. The zero-order valence-corrected chi connectivity index (χ0v) is 9.06. The lowest BCUT2D eigenvalue weighted by atomic mass is 10.1. The van der Waals surface area contributed by atoms with Gasteiger partial charge in [-0.15, -0.1) is 0 Å². The number of aromatic hydroxyl groups is 1. The summed E-state index contributed by atoms with van der Waals surface area (Å²) >= 11 is 3.08. The first-order valence-electron chi connectivity index (χ1n) is 4.12. The number of halogens is 1. The van der Waals surface area contributed by atoms with Gasteiger partial charge >= 0.3 is 0 Å². The van der Waals surface area contributed by atoms with Gasteiger partial charge in [0, 0.05) is 0 Å². The van der Waals surface area contributed by atoms with E-state index in [2.05, 4.69) is 21.1 Å². The summed E-state index contributed by atoms with van der Waals surface area (Å²) in [4.78, 5) is 10.8. The largest absolute Gasteiger partial charge is 0.507 e. The number of aldehydes is 1. The molecule has 1 N–H and O–H groups in total. The predicted octanol–water partition coefficient (Wildman–Crippen LogP) is 2.62. The molecule has 0 bridgehead atoms. The van der Waals surface area contributed by atoms with Gasteiger partial charge in [-0.3, -0.25) is 4.79 Å². The maximum absolute atomic E-state index is 10.8. The molecule has 0 aliphatic rings. The summed E-state index contributed by atoms with van der Waals surface area (Å²) in [6.45, 7) is 0. The minimum Gasteiger partial charge on any atom is -0.507 e. The summed E-state index contributed by atoms with van der Waals surface area (Å²) in [6, 6.07) is 6.58. The van der Waals surface area contributed by atoms with Gasteiger partial charge in [0.1, 0.15) is 5.75 Å². The number of phenolic OH excluding ortho intramolecular Hbond substituents is 1. The summed E-state index contributed by atoms with van der Waals surface area (Å²) in [5, 5.41) is 13.2. The highest BCUT2D eigenvalue weighted by molar-refractivity contribution is 9.10. The summed E-state index contributed by atoms with van der Waals surface area (Å²) in [7, 11) is 0. The van der Waals surface area contributed by atoms with Crippen LogP contribution in [-0.2, 0) is 0 Å². The smallest absolute Gasteiger partial charge is 0.182 e. The first kappa shape index (κ1) is 9.92. The molecule has 0 unspecified atom stereocenters. The van der Waals surface area contributed by atoms with Crippen molar-refractivity contribution >= 4 is 22.2 Å². The Balaban J connectivity index is 2.64. The molecule has 2 rings (SSSR count). The van der Waals surface area contributed by atoms with Gasteiger partial charge in [0.05, 0.1) is 11.1 Å². The van der Waals surface area contributed by atoms with Crippen LogP contribution in [0.25, 0.3) is 11.3 Å². The second kappa shape index (κ2) is 3.86. The fraction of sp³-hybridized carbons (Fsp3) is 0. The molecule has 0 atom stereocenters. The molecule has 5 heteroatoms. The van der Waals surface area contributed by atoms with Gasteiger partial charge in [-0.2, -0.15) is 0 Å². The number of nitrogens with zero attached hydrogens (tertiary/aromatic N) is 1. The molecule has 1 aromatic heterocycles. The van der Waals surface area contributed by atoms with Gasteiger partial charge in [0.2, 0.25) is 0 Å². The van der Waals surface area contributed by atoms with Gasteiger partial charge in [-0.1, -0.05) is 17.3 Å². The average molecular weight is 268 g/mol. The minimum absolute atomic E-state index is 0.0456. The molecule has 15 heavy (non-hydrogen) atoms. The number of hydrogen-bond donors (Lipinski definition) is 1. The Morgan fingerprint density at radius 3 is 2.80 bits per heavy atom. The van der Waals surface area contributed by atoms with Crippen molar-refractivity contribution in [3.05, 3.63) is 34.4 Å². The fourth-order valence-corrected chi connectivity index (χ4v) is 1.59. The zero-order valence-electron chi connectivity index (χ0n) is 7.48. The van der Waals surface area contributed by atoms with E-state index in [1.54, 1.807) is 18.2 Å². The van der Waals surface area contributed by atoms with Crippen molar-refractivity contribution in [2.75, 3.05) is 0 Å². The molecule has 4 nitrogen and oxygen atoms in total. The van der Waals surface area contributed by atoms with E-state index >= 15 is 0 Å². The van der Waals surface area contributed by atoms with Gasteiger partial charge in [0.15, 0.2) is 16.6 Å². The Morgan fingerprint density at radius 2 is 2.13 bits per heavy atom. The van der Waals surface area contributed by atoms with Crippen LogP contribution in [0.4, 0.5) is 0 Å². The third-order valence-electron chi connectivity index (χ3n) is 1.95. The lowest BCUT2D eigenvalue weighted by Crippen LogP contribution is -1.83. The first-order chi connectivity index (χ1) is 7.24. The monoisotopic (exact) mass is 267 g/mol. The van der Waals surface area contributed by atoms with E-state index in [9.17, 15) is 9.90 Å². The van der Waals surface area contributed by atoms with Crippen LogP contribution in [0, 0.1) is 0 Å². The van der Waals surface area contributed by atoms with Crippen LogP contribution in [0.15, 0.2) is 33.4 Å². The Bertz CT molecular complexity index is 507. The van der Waals surface area contributed by atoms with E-state index in [-0.39, 0.29) is 17.1 Å². The maximum atomic E-state index is 10.8. The lowest BCUT2D eigenvalue weighted by Gasteiger charge is -1.99. The second-order valence-electron chi connectivity index (χ2n) is 2.85. The van der Waals surface area contributed by atoms with Crippen LogP contribution < -0.4 is 0 Å². The van der Waals surface area contributed by atoms with Crippen LogP contribution >= 0.6 is 15.9 Å². The van der Waals surface area contributed by atoms with Crippen LogP contribution in [0.3, 0.4) is 0 Å². The van der Waals surface area contributed by atoms with E-state index in [1.165, 1.54) is 6.07 Å². The lowest BCUT2D eigenvalue weighted by molar-refractivity contribution is 0.112. The van der Waals surface area contributed by atoms with E-state index in [0.717, 1.165) is 0 Å². The van der Waals surface area contributed by atoms with Crippen molar-refractivity contribution in [1.82, 2.24) is 5.16 Å². The highest BCUT2D eigenvalue weighted by Crippen LogP contribution is 2.33. The number of carbonyl (C=O) groups is 1. The Morgan fingerprint density at radius 1 is 1.40 bits per heavy atom. The molecular weight excluding hydrogens is 262 g/mol. The number of aromatic nitrogens is 1. The highest BCUT2D eigenvalue weighted by atomic mass is 79.9. The molecule has 0 saturated carbocycles. The van der Waals surface area contributed by atoms with Crippen LogP contribution in [0.1, 0.15) is 10.4 Å². The van der Waals surface area contributed by atoms with Crippen LogP contribution in [0.2, 0.25) is 0 Å². The number of para-hydroxylation sites is 1. The average Bonchev–Trinajstić information content (AvgIpc) is 2.60. The van der Waals surface area contributed by atoms with Crippen LogP contribution in [-0.4, -0.2) is 16.5 Å². The fourth-order valence-electron chi connectivity index (χ4n) is 1.24. The second-order valence-corrected chi connectivity index (χ2v) is 3.60. The molecule has 2 aromatic rings. The molecule has 0 aliphatic heterocycles. The molecule has 0 radical (unpaired) electrons. The Labute approximate surface area is 93.6 Å². The third-order valence-corrected chi connectivity index (χ3v) is 2.52. The summed E-state index contributed by atoms with van der Waals surface area (Å²) in [6.07, 6.45) is 0.627. The van der Waals surface area contributed by atoms with Crippen molar-refractivity contribution in [2.24, 2.45) is 0 Å². The van der Waals surface area contributed by atoms with Crippen LogP contribution in [0.5, 0.6) is 5.75 Å². The molecule has 0 fully saturated rings. The van der Waals surface area contributed by atoms with Crippen molar-refractivity contribution in [1.29, 1.82) is 0 Å². The number of rotatable bonds is 2. The standard InChI is InChI=1S/C10H6BrNO3/c11-10-7(5-13)9(15-12-10)6-3-1-2-4-8(6)14/h1-5,14H. The minimum atomic E-state index is 0.0456. The molecule has 76 valence electrons. The maximum Gasteiger partial charge on any atom is 0.182 e. The van der Waals surface area contributed by atoms with Gasteiger partial charge in [0.25, 0.3) is 0 Å². The Hall–Kier alpha value is -1.62. The van der Waals surface area contributed by atoms with E-state index in [4.69, 9.17) is 4.52 Å². The summed E-state index contributed by atoms with van der Waals surface area (Å²) in [5.41, 5.74) is 0.731. The number of hydrogen-bond acceptors (Lipinski definition) is 4. The SMILES string of the molecule is O=Cc1c(Br)noc1-c1ccccc1O. The van der Waals surface area contributed by atoms with E-state index in [1.807, 2.05) is 0 Å². The van der Waals surface area contributed by atoms with E-state index in [0.29, 0.717) is 16.5 Å². The summed E-state index contributed by atoms with van der Waals surface area (Å²) < 4.78 is 5.29. The summed E-state index contributed by atoms with van der Waals surface area (Å²) in [5.74, 6) is 0.305. The highest BCUT2D eigenvalue weighted by Gasteiger charge is 2.17. The van der Waals surface area contributed by atoms with Crippen molar-refractivity contribution in [3.8, 4) is 17.1 Å². The molecule has 0 aliphatic carbocycles. The topological polar surface area (TPSA) is 63.3 Å². The molecule has 1 heterocycles. The van der Waals surface area contributed by atoms with Crippen molar-refractivity contribution in [3.63, 3.8) is 0 Å². The van der Waals surface area contributed by atoms with Gasteiger partial charge < -0.3 is 9.63 Å². The van der Waals surface area contributed by atoms with Gasteiger partial charge in [-0.05, 0) is 28.1 Å². The quantitative estimate of drug-likeness (QED) is 0.850. The third kappa shape index (κ3) is 1.66. The molecular formula is C10H6BrNO3. The number of carbonyl (C=O) groups excluding carboxylic acids is 1. The normalized spacial score (nSPS) is 10.2. The molecule has 0 saturated heterocycles.